The number of ether oxygens (including phenoxy) is 2. The van der Waals surface area contributed by atoms with Crippen molar-refractivity contribution in [2.75, 3.05) is 46.4 Å². The standard InChI is InChI=1S/C34H38N2O3S/c1-24-7-14-29-31(21-24)40-34(25-10-12-28(13-11-25)39-20-19-35-15-3-4-16-35)32(29)33(37)26-8-9-27(30(22-26)38-2)23-36-17-5-6-18-36/h7-14,21-22H,3-6,15-20,23H2,1-2H3. The lowest BCUT2D eigenvalue weighted by atomic mass is 9.96. The van der Waals surface area contributed by atoms with Crippen molar-refractivity contribution in [2.24, 2.45) is 0 Å². The molecule has 2 aliphatic heterocycles. The van der Waals surface area contributed by atoms with Crippen LogP contribution in [0.2, 0.25) is 0 Å². The second kappa shape index (κ2) is 12.1. The number of nitrogens with zero attached hydrogens (tertiary/aromatic N) is 2. The van der Waals surface area contributed by atoms with Crippen molar-refractivity contribution < 1.29 is 14.3 Å². The van der Waals surface area contributed by atoms with Crippen LogP contribution in [0.15, 0.2) is 60.7 Å². The van der Waals surface area contributed by atoms with E-state index in [1.54, 1.807) is 18.4 Å². The Balaban J connectivity index is 1.28. The second-order valence-corrected chi connectivity index (χ2v) is 12.1. The van der Waals surface area contributed by atoms with Crippen molar-refractivity contribution in [2.45, 2.75) is 39.2 Å². The van der Waals surface area contributed by atoms with Crippen LogP contribution in [0.25, 0.3) is 20.5 Å². The SMILES string of the molecule is COc1cc(C(=O)c2c(-c3ccc(OCCN4CCCC4)cc3)sc3cc(C)ccc23)ccc1CN1CCCC1. The van der Waals surface area contributed by atoms with Crippen LogP contribution in [0.1, 0.15) is 52.7 Å². The van der Waals surface area contributed by atoms with Gasteiger partial charge in [0.1, 0.15) is 18.1 Å². The van der Waals surface area contributed by atoms with E-state index in [4.69, 9.17) is 9.47 Å². The first kappa shape index (κ1) is 27.0. The van der Waals surface area contributed by atoms with Crippen molar-refractivity contribution in [1.82, 2.24) is 9.80 Å². The summed E-state index contributed by atoms with van der Waals surface area (Å²) in [5, 5.41) is 1.00. The monoisotopic (exact) mass is 554 g/mol. The van der Waals surface area contributed by atoms with Crippen LogP contribution in [0.5, 0.6) is 11.5 Å². The molecule has 2 aliphatic rings. The normalized spacial score (nSPS) is 16.1. The van der Waals surface area contributed by atoms with Gasteiger partial charge in [0.05, 0.1) is 7.11 Å². The van der Waals surface area contributed by atoms with Gasteiger partial charge in [-0.05, 0) is 106 Å². The minimum atomic E-state index is 0.0297. The number of fused-ring (bicyclic) bond motifs is 1. The zero-order chi connectivity index (χ0) is 27.5. The molecule has 4 aromatic rings. The van der Waals surface area contributed by atoms with Gasteiger partial charge >= 0.3 is 0 Å². The van der Waals surface area contributed by atoms with Gasteiger partial charge in [-0.15, -0.1) is 11.3 Å². The lowest BCUT2D eigenvalue weighted by Crippen LogP contribution is -2.25. The van der Waals surface area contributed by atoms with Gasteiger partial charge in [0, 0.05) is 44.7 Å². The van der Waals surface area contributed by atoms with Crippen molar-refractivity contribution >= 4 is 27.2 Å². The molecule has 0 radical (unpaired) electrons. The van der Waals surface area contributed by atoms with Gasteiger partial charge in [-0.25, -0.2) is 0 Å². The van der Waals surface area contributed by atoms with Gasteiger partial charge in [-0.3, -0.25) is 14.6 Å². The average molecular weight is 555 g/mol. The molecule has 208 valence electrons. The number of methoxy groups -OCH3 is 1. The number of likely N-dealkylation sites (tertiary alicyclic amines) is 2. The van der Waals surface area contributed by atoms with E-state index >= 15 is 0 Å². The van der Waals surface area contributed by atoms with Crippen molar-refractivity contribution in [3.8, 4) is 21.9 Å². The van der Waals surface area contributed by atoms with Crippen molar-refractivity contribution in [3.63, 3.8) is 0 Å². The first-order chi connectivity index (χ1) is 19.6. The fourth-order valence-electron chi connectivity index (χ4n) is 5.98. The molecule has 0 amide bonds. The average Bonchev–Trinajstić information content (AvgIpc) is 3.75. The Morgan fingerprint density at radius 1 is 0.875 bits per heavy atom. The predicted molar refractivity (Wildman–Crippen MR) is 164 cm³/mol. The summed E-state index contributed by atoms with van der Waals surface area (Å²) in [5.41, 5.74) is 4.77. The molecular formula is C34H38N2O3S. The van der Waals surface area contributed by atoms with Crippen molar-refractivity contribution in [1.29, 1.82) is 0 Å². The lowest BCUT2D eigenvalue weighted by Gasteiger charge is -2.17. The summed E-state index contributed by atoms with van der Waals surface area (Å²) in [5.74, 6) is 1.68. The second-order valence-electron chi connectivity index (χ2n) is 11.1. The third-order valence-electron chi connectivity index (χ3n) is 8.21. The van der Waals surface area contributed by atoms with Crippen LogP contribution >= 0.6 is 11.3 Å². The number of rotatable bonds is 10. The first-order valence-corrected chi connectivity index (χ1v) is 15.3. The maximum atomic E-state index is 14.2. The Morgan fingerprint density at radius 3 is 2.33 bits per heavy atom. The number of carbonyl (C=O) groups is 1. The number of ketones is 1. The quantitative estimate of drug-likeness (QED) is 0.194. The van der Waals surface area contributed by atoms with E-state index in [0.29, 0.717) is 12.2 Å². The zero-order valence-corrected chi connectivity index (χ0v) is 24.4. The molecule has 40 heavy (non-hydrogen) atoms. The molecule has 0 unspecified atom stereocenters. The number of hydrogen-bond acceptors (Lipinski definition) is 6. The maximum Gasteiger partial charge on any atom is 0.195 e. The highest BCUT2D eigenvalue weighted by atomic mass is 32.1. The predicted octanol–water partition coefficient (Wildman–Crippen LogP) is 7.19. The van der Waals surface area contributed by atoms with Crippen LogP contribution < -0.4 is 9.47 Å². The summed E-state index contributed by atoms with van der Waals surface area (Å²) in [4.78, 5) is 20.1. The Labute approximate surface area is 241 Å². The summed E-state index contributed by atoms with van der Waals surface area (Å²) < 4.78 is 12.9. The molecule has 3 aromatic carbocycles. The number of benzene rings is 3. The summed E-state index contributed by atoms with van der Waals surface area (Å²) in [6, 6.07) is 20.5. The van der Waals surface area contributed by atoms with Crippen molar-refractivity contribution in [3.05, 3.63) is 82.9 Å². The number of thiophene rings is 1. The molecule has 0 bridgehead atoms. The maximum absolute atomic E-state index is 14.2. The van der Waals surface area contributed by atoms with E-state index in [0.717, 1.165) is 69.3 Å². The van der Waals surface area contributed by atoms with Gasteiger partial charge in [-0.1, -0.05) is 24.3 Å². The fourth-order valence-corrected chi connectivity index (χ4v) is 7.28. The minimum Gasteiger partial charge on any atom is -0.496 e. The Morgan fingerprint density at radius 2 is 1.60 bits per heavy atom. The van der Waals surface area contributed by atoms with Gasteiger partial charge in [-0.2, -0.15) is 0 Å². The van der Waals surface area contributed by atoms with Gasteiger partial charge < -0.3 is 9.47 Å². The molecular weight excluding hydrogens is 516 g/mol. The van der Waals surface area contributed by atoms with Gasteiger partial charge in [0.15, 0.2) is 5.78 Å². The highest BCUT2D eigenvalue weighted by Gasteiger charge is 2.23. The Bertz CT molecular complexity index is 1480. The Hall–Kier alpha value is -3.19. The molecule has 3 heterocycles. The molecule has 0 aliphatic carbocycles. The van der Waals surface area contributed by atoms with Crippen LogP contribution in [-0.4, -0.2) is 62.0 Å². The molecule has 2 fully saturated rings. The molecule has 5 nitrogen and oxygen atoms in total. The number of aryl methyl sites for hydroxylation is 1. The molecule has 6 rings (SSSR count). The number of carbonyl (C=O) groups excluding carboxylic acids is 1. The van der Waals surface area contributed by atoms with E-state index in [1.807, 2.05) is 24.3 Å². The minimum absolute atomic E-state index is 0.0297. The van der Waals surface area contributed by atoms with Gasteiger partial charge in [0.2, 0.25) is 0 Å². The highest BCUT2D eigenvalue weighted by Crippen LogP contribution is 2.41. The Kier molecular flexibility index (Phi) is 8.19. The van der Waals surface area contributed by atoms with E-state index < -0.39 is 0 Å². The smallest absolute Gasteiger partial charge is 0.195 e. The molecule has 1 aromatic heterocycles. The third-order valence-corrected chi connectivity index (χ3v) is 9.41. The van der Waals surface area contributed by atoms with Crippen LogP contribution in [-0.2, 0) is 6.54 Å². The van der Waals surface area contributed by atoms with E-state index in [2.05, 4.69) is 53.1 Å². The van der Waals surface area contributed by atoms with Crippen LogP contribution in [0.4, 0.5) is 0 Å². The summed E-state index contributed by atoms with van der Waals surface area (Å²) in [6.45, 7) is 9.21. The number of hydrogen-bond donors (Lipinski definition) is 0. The third kappa shape index (κ3) is 5.80. The largest absolute Gasteiger partial charge is 0.496 e. The summed E-state index contributed by atoms with van der Waals surface area (Å²) >= 11 is 1.68. The molecule has 0 spiro atoms. The molecule has 2 saturated heterocycles. The highest BCUT2D eigenvalue weighted by molar-refractivity contribution is 7.22. The molecule has 0 atom stereocenters. The zero-order valence-electron chi connectivity index (χ0n) is 23.6. The molecule has 0 saturated carbocycles. The van der Waals surface area contributed by atoms with Crippen LogP contribution in [0, 0.1) is 6.92 Å². The van der Waals surface area contributed by atoms with E-state index in [1.165, 1.54) is 44.3 Å². The fraction of sp³-hybridized carbons (Fsp3) is 0.382. The topological polar surface area (TPSA) is 42.0 Å². The first-order valence-electron chi connectivity index (χ1n) is 14.5. The van der Waals surface area contributed by atoms with E-state index in [-0.39, 0.29) is 5.78 Å². The van der Waals surface area contributed by atoms with Gasteiger partial charge in [0.25, 0.3) is 0 Å². The summed E-state index contributed by atoms with van der Waals surface area (Å²) in [7, 11) is 1.69. The molecule has 6 heteroatoms. The lowest BCUT2D eigenvalue weighted by molar-refractivity contribution is 0.104. The molecule has 0 N–H and O–H groups in total. The summed E-state index contributed by atoms with van der Waals surface area (Å²) in [6.07, 6.45) is 5.08. The van der Waals surface area contributed by atoms with E-state index in [9.17, 15) is 4.79 Å². The van der Waals surface area contributed by atoms with Crippen LogP contribution in [0.3, 0.4) is 0 Å².